The number of nitrogens with one attached hydrogen (secondary N) is 2. The van der Waals surface area contributed by atoms with Crippen LogP contribution in [0, 0.1) is 0 Å². The number of rotatable bonds is 3. The number of aromatic nitrogens is 2. The molecule has 4 aromatic rings. The average molecular weight is 335 g/mol. The van der Waals surface area contributed by atoms with E-state index in [2.05, 4.69) is 15.5 Å². The predicted octanol–water partition coefficient (Wildman–Crippen LogP) is 2.93. The molecule has 7 nitrogen and oxygen atoms in total. The molecule has 124 valence electrons. The van der Waals surface area contributed by atoms with Crippen LogP contribution in [0.5, 0.6) is 5.75 Å². The average Bonchev–Trinajstić information content (AvgIpc) is 3.08. The normalized spacial score (nSPS) is 10.9. The molecule has 0 aliphatic rings. The van der Waals surface area contributed by atoms with Gasteiger partial charge in [-0.15, -0.1) is 0 Å². The van der Waals surface area contributed by atoms with Crippen molar-refractivity contribution < 1.29 is 13.9 Å². The highest BCUT2D eigenvalue weighted by Crippen LogP contribution is 2.24. The van der Waals surface area contributed by atoms with Gasteiger partial charge in [0.15, 0.2) is 11.3 Å². The molecule has 2 aromatic carbocycles. The number of amides is 1. The fourth-order valence-corrected chi connectivity index (χ4v) is 2.65. The van der Waals surface area contributed by atoms with Gasteiger partial charge in [0, 0.05) is 16.5 Å². The number of anilines is 1. The van der Waals surface area contributed by atoms with E-state index in [1.54, 1.807) is 36.5 Å². The Hall–Kier alpha value is -3.61. The third-order valence-corrected chi connectivity index (χ3v) is 3.89. The minimum atomic E-state index is -0.725. The lowest BCUT2D eigenvalue weighted by Gasteiger charge is -2.07. The number of hydrogen-bond acceptors (Lipinski definition) is 5. The van der Waals surface area contributed by atoms with Gasteiger partial charge in [0.05, 0.1) is 18.8 Å². The lowest BCUT2D eigenvalue weighted by molar-refractivity contribution is 0.102. The Balaban J connectivity index is 1.71. The summed E-state index contributed by atoms with van der Waals surface area (Å²) in [5.74, 6) is -0.108. The van der Waals surface area contributed by atoms with Gasteiger partial charge >= 0.3 is 5.63 Å². The molecule has 0 radical (unpaired) electrons. The molecule has 0 unspecified atom stereocenters. The predicted molar refractivity (Wildman–Crippen MR) is 93.1 cm³/mol. The molecule has 0 spiro atoms. The number of H-pyrrole nitrogens is 1. The van der Waals surface area contributed by atoms with Gasteiger partial charge in [0.25, 0.3) is 5.91 Å². The highest BCUT2D eigenvalue weighted by molar-refractivity contribution is 6.06. The van der Waals surface area contributed by atoms with E-state index in [-0.39, 0.29) is 5.56 Å². The Morgan fingerprint density at radius 2 is 2.08 bits per heavy atom. The summed E-state index contributed by atoms with van der Waals surface area (Å²) in [5.41, 5.74) is 0.841. The fourth-order valence-electron chi connectivity index (χ4n) is 2.65. The van der Waals surface area contributed by atoms with E-state index in [0.717, 1.165) is 10.9 Å². The molecule has 0 aliphatic carbocycles. The highest BCUT2D eigenvalue weighted by atomic mass is 16.5. The van der Waals surface area contributed by atoms with Crippen LogP contribution in [0.25, 0.3) is 21.9 Å². The molecule has 2 aromatic heterocycles. The summed E-state index contributed by atoms with van der Waals surface area (Å²) < 4.78 is 10.4. The van der Waals surface area contributed by atoms with Crippen LogP contribution in [-0.4, -0.2) is 23.2 Å². The van der Waals surface area contributed by atoms with Crippen molar-refractivity contribution >= 4 is 33.5 Å². The van der Waals surface area contributed by atoms with Crippen LogP contribution >= 0.6 is 0 Å². The molecule has 1 amide bonds. The summed E-state index contributed by atoms with van der Waals surface area (Å²) >= 11 is 0. The Bertz CT molecular complexity index is 1160. The molecule has 0 saturated heterocycles. The lowest BCUT2D eigenvalue weighted by atomic mass is 10.1. The molecular weight excluding hydrogens is 322 g/mol. The first-order valence-electron chi connectivity index (χ1n) is 7.51. The van der Waals surface area contributed by atoms with Gasteiger partial charge in [0.1, 0.15) is 5.56 Å². The van der Waals surface area contributed by atoms with E-state index in [1.165, 1.54) is 13.2 Å². The van der Waals surface area contributed by atoms with E-state index in [0.29, 0.717) is 22.4 Å². The minimum Gasteiger partial charge on any atom is -0.493 e. The molecule has 4 rings (SSSR count). The zero-order valence-corrected chi connectivity index (χ0v) is 13.2. The molecule has 7 heteroatoms. The van der Waals surface area contributed by atoms with Gasteiger partial charge < -0.3 is 14.5 Å². The lowest BCUT2D eigenvalue weighted by Crippen LogP contribution is -2.20. The van der Waals surface area contributed by atoms with Crippen molar-refractivity contribution in [3.05, 3.63) is 64.6 Å². The zero-order valence-electron chi connectivity index (χ0n) is 13.2. The van der Waals surface area contributed by atoms with Gasteiger partial charge in [-0.25, -0.2) is 4.79 Å². The molecular formula is C18H13N3O4. The van der Waals surface area contributed by atoms with Crippen LogP contribution < -0.4 is 15.7 Å². The van der Waals surface area contributed by atoms with Crippen molar-refractivity contribution in [2.24, 2.45) is 0 Å². The Kier molecular flexibility index (Phi) is 3.46. The summed E-state index contributed by atoms with van der Waals surface area (Å²) in [6.07, 6.45) is 1.69. The summed E-state index contributed by atoms with van der Waals surface area (Å²) in [4.78, 5) is 24.7. The maximum absolute atomic E-state index is 12.5. The van der Waals surface area contributed by atoms with Gasteiger partial charge in [-0.2, -0.15) is 5.10 Å². The second-order valence-corrected chi connectivity index (χ2v) is 5.45. The number of carbonyl (C=O) groups is 1. The van der Waals surface area contributed by atoms with E-state index in [1.807, 2.05) is 6.07 Å². The van der Waals surface area contributed by atoms with Crippen molar-refractivity contribution in [2.45, 2.75) is 0 Å². The number of nitrogens with zero attached hydrogens (tertiary/aromatic N) is 1. The Morgan fingerprint density at radius 1 is 1.20 bits per heavy atom. The molecule has 0 saturated carbocycles. The quantitative estimate of drug-likeness (QED) is 0.561. The SMILES string of the molecule is COc1cccc2cc(C(=O)Nc3ccc4cn[nH]c4c3)c(=O)oc12. The van der Waals surface area contributed by atoms with Crippen LogP contribution in [0.15, 0.2) is 57.9 Å². The third kappa shape index (κ3) is 2.61. The summed E-state index contributed by atoms with van der Waals surface area (Å²) in [7, 11) is 1.49. The Labute approximate surface area is 141 Å². The van der Waals surface area contributed by atoms with Crippen LogP contribution in [0.2, 0.25) is 0 Å². The number of fused-ring (bicyclic) bond motifs is 2. The molecule has 2 N–H and O–H groups in total. The van der Waals surface area contributed by atoms with E-state index in [9.17, 15) is 9.59 Å². The van der Waals surface area contributed by atoms with Crippen LogP contribution in [-0.2, 0) is 0 Å². The van der Waals surface area contributed by atoms with Gasteiger partial charge in [-0.05, 0) is 30.3 Å². The van der Waals surface area contributed by atoms with Gasteiger partial charge in [-0.1, -0.05) is 12.1 Å². The van der Waals surface area contributed by atoms with Crippen LogP contribution in [0.3, 0.4) is 0 Å². The standard InChI is InChI=1S/C18H13N3O4/c1-24-15-4-2-3-10-7-13(18(23)25-16(10)15)17(22)20-12-6-5-11-9-19-21-14(11)8-12/h2-9H,1H3,(H,19,21)(H,20,22). The van der Waals surface area contributed by atoms with Crippen molar-refractivity contribution in [1.82, 2.24) is 10.2 Å². The van der Waals surface area contributed by atoms with Crippen molar-refractivity contribution in [2.75, 3.05) is 12.4 Å². The second kappa shape index (κ2) is 5.79. The van der Waals surface area contributed by atoms with Crippen molar-refractivity contribution in [1.29, 1.82) is 0 Å². The number of carbonyl (C=O) groups excluding carboxylic acids is 1. The monoisotopic (exact) mass is 335 g/mol. The highest BCUT2D eigenvalue weighted by Gasteiger charge is 2.16. The second-order valence-electron chi connectivity index (χ2n) is 5.45. The molecule has 25 heavy (non-hydrogen) atoms. The molecule has 2 heterocycles. The third-order valence-electron chi connectivity index (χ3n) is 3.89. The fraction of sp³-hybridized carbons (Fsp3) is 0.0556. The number of methoxy groups -OCH3 is 1. The molecule has 0 bridgehead atoms. The topological polar surface area (TPSA) is 97.2 Å². The van der Waals surface area contributed by atoms with Gasteiger partial charge in [-0.3, -0.25) is 9.89 Å². The maximum Gasteiger partial charge on any atom is 0.349 e. The largest absolute Gasteiger partial charge is 0.493 e. The molecule has 0 fully saturated rings. The number of benzene rings is 2. The van der Waals surface area contributed by atoms with Crippen molar-refractivity contribution in [3.63, 3.8) is 0 Å². The number of para-hydroxylation sites is 1. The summed E-state index contributed by atoms with van der Waals surface area (Å²) in [6, 6.07) is 12.0. The van der Waals surface area contributed by atoms with Gasteiger partial charge in [0.2, 0.25) is 0 Å². The maximum atomic E-state index is 12.5. The van der Waals surface area contributed by atoms with Crippen molar-refractivity contribution in [3.8, 4) is 5.75 Å². The first-order valence-corrected chi connectivity index (χ1v) is 7.51. The van der Waals surface area contributed by atoms with E-state index >= 15 is 0 Å². The first-order chi connectivity index (χ1) is 12.2. The van der Waals surface area contributed by atoms with Crippen LogP contribution in [0.4, 0.5) is 5.69 Å². The number of ether oxygens (including phenoxy) is 1. The summed E-state index contributed by atoms with van der Waals surface area (Å²) in [6.45, 7) is 0. The summed E-state index contributed by atoms with van der Waals surface area (Å²) in [5, 5.41) is 11.0. The molecule has 0 atom stereocenters. The molecule has 0 aliphatic heterocycles. The Morgan fingerprint density at radius 3 is 2.92 bits per heavy atom. The smallest absolute Gasteiger partial charge is 0.349 e. The number of hydrogen-bond donors (Lipinski definition) is 2. The minimum absolute atomic E-state index is 0.0783. The van der Waals surface area contributed by atoms with E-state index in [4.69, 9.17) is 9.15 Å². The van der Waals surface area contributed by atoms with Crippen LogP contribution in [0.1, 0.15) is 10.4 Å². The zero-order chi connectivity index (χ0) is 17.4. The van der Waals surface area contributed by atoms with E-state index < -0.39 is 11.5 Å². The number of aromatic amines is 1. The first kappa shape index (κ1) is 14.9.